The highest BCUT2D eigenvalue weighted by atomic mass is 32.1. The van der Waals surface area contributed by atoms with Gasteiger partial charge in [-0.2, -0.15) is 0 Å². The number of rotatable bonds is 3. The Morgan fingerprint density at radius 1 is 1.29 bits per heavy atom. The van der Waals surface area contributed by atoms with Crippen LogP contribution >= 0.6 is 12.2 Å². The summed E-state index contributed by atoms with van der Waals surface area (Å²) in [6.07, 6.45) is 0. The van der Waals surface area contributed by atoms with E-state index in [2.05, 4.69) is 10.6 Å². The van der Waals surface area contributed by atoms with Crippen molar-refractivity contribution in [3.05, 3.63) is 35.4 Å². The molecule has 0 radical (unpaired) electrons. The van der Waals surface area contributed by atoms with Crippen LogP contribution in [0.2, 0.25) is 0 Å². The summed E-state index contributed by atoms with van der Waals surface area (Å²) in [5.74, 6) is -1.19. The van der Waals surface area contributed by atoms with Crippen LogP contribution in [0.5, 0.6) is 0 Å². The number of carbonyl (C=O) groups excluding carboxylic acids is 1. The average Bonchev–Trinajstić information content (AvgIpc) is 2.26. The molecule has 0 aromatic heterocycles. The van der Waals surface area contributed by atoms with E-state index in [0.717, 1.165) is 5.56 Å². The van der Waals surface area contributed by atoms with E-state index in [-0.39, 0.29) is 16.6 Å². The third kappa shape index (κ3) is 4.60. The van der Waals surface area contributed by atoms with Crippen LogP contribution in [0, 0.1) is 0 Å². The van der Waals surface area contributed by atoms with Gasteiger partial charge in [0.1, 0.15) is 0 Å². The second kappa shape index (κ2) is 5.95. The molecule has 0 bridgehead atoms. The van der Waals surface area contributed by atoms with Gasteiger partial charge in [0.15, 0.2) is 5.11 Å². The van der Waals surface area contributed by atoms with Crippen LogP contribution in [-0.4, -0.2) is 22.1 Å². The molecule has 0 aliphatic rings. The molecule has 0 saturated heterocycles. The van der Waals surface area contributed by atoms with Gasteiger partial charge in [-0.15, -0.1) is 0 Å². The van der Waals surface area contributed by atoms with E-state index in [4.69, 9.17) is 17.3 Å². The molecule has 0 spiro atoms. The first-order valence-electron chi connectivity index (χ1n) is 4.86. The Bertz CT molecular complexity index is 443. The highest BCUT2D eigenvalue weighted by Crippen LogP contribution is 2.03. The molecule has 0 unspecified atom stereocenters. The minimum atomic E-state index is -0.960. The van der Waals surface area contributed by atoms with E-state index >= 15 is 0 Å². The molecule has 90 valence electrons. The van der Waals surface area contributed by atoms with Gasteiger partial charge in [-0.25, -0.2) is 4.79 Å². The number of benzene rings is 1. The van der Waals surface area contributed by atoms with Crippen molar-refractivity contribution in [1.82, 2.24) is 10.6 Å². The van der Waals surface area contributed by atoms with Crippen molar-refractivity contribution < 1.29 is 14.7 Å². The molecule has 0 fully saturated rings. The van der Waals surface area contributed by atoms with Crippen molar-refractivity contribution in [1.29, 1.82) is 0 Å². The first-order chi connectivity index (χ1) is 7.99. The maximum Gasteiger partial charge on any atom is 0.335 e. The van der Waals surface area contributed by atoms with Crippen LogP contribution in [0.1, 0.15) is 22.8 Å². The molecule has 1 rings (SSSR count). The monoisotopic (exact) mass is 252 g/mol. The summed E-state index contributed by atoms with van der Waals surface area (Å²) in [5, 5.41) is 14.2. The summed E-state index contributed by atoms with van der Waals surface area (Å²) < 4.78 is 0. The molecule has 0 aliphatic heterocycles. The van der Waals surface area contributed by atoms with Gasteiger partial charge in [-0.05, 0) is 29.9 Å². The molecule has 0 saturated carbocycles. The topological polar surface area (TPSA) is 78.4 Å². The molecule has 0 aliphatic carbocycles. The zero-order valence-electron chi connectivity index (χ0n) is 9.19. The molecule has 5 nitrogen and oxygen atoms in total. The van der Waals surface area contributed by atoms with Crippen molar-refractivity contribution in [2.45, 2.75) is 13.5 Å². The summed E-state index contributed by atoms with van der Waals surface area (Å²) >= 11 is 4.86. The number of carboxylic acids is 1. The van der Waals surface area contributed by atoms with Crippen LogP contribution in [-0.2, 0) is 11.3 Å². The number of aromatic carboxylic acids is 1. The van der Waals surface area contributed by atoms with Crippen LogP contribution in [0.4, 0.5) is 0 Å². The standard InChI is InChI=1S/C11H12N2O3S/c1-7(14)13-11(17)12-6-8-2-4-9(5-3-8)10(15)16/h2-5H,6H2,1H3,(H,15,16)(H2,12,13,14,17). The molecule has 1 aromatic carbocycles. The maximum absolute atomic E-state index is 10.7. The van der Waals surface area contributed by atoms with Crippen molar-refractivity contribution >= 4 is 29.2 Å². The van der Waals surface area contributed by atoms with Crippen molar-refractivity contribution in [3.63, 3.8) is 0 Å². The molecule has 6 heteroatoms. The molecule has 3 N–H and O–H groups in total. The first-order valence-corrected chi connectivity index (χ1v) is 5.27. The van der Waals surface area contributed by atoms with Gasteiger partial charge in [0, 0.05) is 13.5 Å². The number of hydrogen-bond acceptors (Lipinski definition) is 3. The normalized spacial score (nSPS) is 9.47. The summed E-state index contributed by atoms with van der Waals surface area (Å²) in [5.41, 5.74) is 1.11. The Morgan fingerprint density at radius 3 is 2.35 bits per heavy atom. The Kier molecular flexibility index (Phi) is 4.59. The van der Waals surface area contributed by atoms with Gasteiger partial charge in [0.25, 0.3) is 0 Å². The van der Waals surface area contributed by atoms with Gasteiger partial charge in [0.2, 0.25) is 5.91 Å². The minimum Gasteiger partial charge on any atom is -0.478 e. The lowest BCUT2D eigenvalue weighted by Gasteiger charge is -2.07. The van der Waals surface area contributed by atoms with E-state index in [1.807, 2.05) is 0 Å². The van der Waals surface area contributed by atoms with Crippen LogP contribution in [0.15, 0.2) is 24.3 Å². The number of carbonyl (C=O) groups is 2. The zero-order chi connectivity index (χ0) is 12.8. The maximum atomic E-state index is 10.7. The van der Waals surface area contributed by atoms with E-state index in [1.165, 1.54) is 19.1 Å². The predicted molar refractivity (Wildman–Crippen MR) is 66.7 cm³/mol. The second-order valence-corrected chi connectivity index (χ2v) is 3.77. The second-order valence-electron chi connectivity index (χ2n) is 3.37. The van der Waals surface area contributed by atoms with Crippen LogP contribution in [0.25, 0.3) is 0 Å². The minimum absolute atomic E-state index is 0.233. The predicted octanol–water partition coefficient (Wildman–Crippen LogP) is 0.895. The lowest BCUT2D eigenvalue weighted by molar-refractivity contribution is -0.117. The number of hydrogen-bond donors (Lipinski definition) is 3. The summed E-state index contributed by atoms with van der Waals surface area (Å²) in [6, 6.07) is 6.40. The van der Waals surface area contributed by atoms with E-state index < -0.39 is 5.97 Å². The van der Waals surface area contributed by atoms with E-state index in [9.17, 15) is 9.59 Å². The Morgan fingerprint density at radius 2 is 1.88 bits per heavy atom. The number of amides is 1. The zero-order valence-corrected chi connectivity index (χ0v) is 10.0. The van der Waals surface area contributed by atoms with Crippen molar-refractivity contribution in [2.75, 3.05) is 0 Å². The highest BCUT2D eigenvalue weighted by Gasteiger charge is 2.02. The van der Waals surface area contributed by atoms with Gasteiger partial charge in [-0.1, -0.05) is 12.1 Å². The fraction of sp³-hybridized carbons (Fsp3) is 0.182. The van der Waals surface area contributed by atoms with Crippen molar-refractivity contribution in [3.8, 4) is 0 Å². The number of carboxylic acid groups (broad SMARTS) is 1. The van der Waals surface area contributed by atoms with Crippen LogP contribution in [0.3, 0.4) is 0 Å². The molecular weight excluding hydrogens is 240 g/mol. The van der Waals surface area contributed by atoms with Crippen molar-refractivity contribution in [2.24, 2.45) is 0 Å². The fourth-order valence-electron chi connectivity index (χ4n) is 1.15. The molecule has 1 aromatic rings. The van der Waals surface area contributed by atoms with Gasteiger partial charge in [0.05, 0.1) is 5.56 Å². The molecule has 17 heavy (non-hydrogen) atoms. The number of thiocarbonyl (C=S) groups is 1. The first kappa shape index (κ1) is 13.1. The number of nitrogens with one attached hydrogen (secondary N) is 2. The Hall–Kier alpha value is -1.95. The Balaban J connectivity index is 2.50. The summed E-state index contributed by atoms with van der Waals surface area (Å²) in [6.45, 7) is 1.80. The fourth-order valence-corrected chi connectivity index (χ4v) is 1.37. The Labute approximate surface area is 104 Å². The van der Waals surface area contributed by atoms with E-state index in [0.29, 0.717) is 6.54 Å². The smallest absolute Gasteiger partial charge is 0.335 e. The van der Waals surface area contributed by atoms with E-state index in [1.54, 1.807) is 12.1 Å². The highest BCUT2D eigenvalue weighted by molar-refractivity contribution is 7.80. The molecule has 1 amide bonds. The lowest BCUT2D eigenvalue weighted by atomic mass is 10.1. The molecule has 0 atom stereocenters. The lowest BCUT2D eigenvalue weighted by Crippen LogP contribution is -2.37. The molecular formula is C11H12N2O3S. The SMILES string of the molecule is CC(=O)NC(=S)NCc1ccc(C(=O)O)cc1. The van der Waals surface area contributed by atoms with Gasteiger partial charge < -0.3 is 15.7 Å². The van der Waals surface area contributed by atoms with Crippen LogP contribution < -0.4 is 10.6 Å². The summed E-state index contributed by atoms with van der Waals surface area (Å²) in [4.78, 5) is 21.3. The third-order valence-corrected chi connectivity index (χ3v) is 2.19. The molecule has 0 heterocycles. The quantitative estimate of drug-likeness (QED) is 0.696. The third-order valence-electron chi connectivity index (χ3n) is 1.94. The largest absolute Gasteiger partial charge is 0.478 e. The summed E-state index contributed by atoms with van der Waals surface area (Å²) in [7, 11) is 0. The average molecular weight is 252 g/mol. The van der Waals surface area contributed by atoms with Gasteiger partial charge in [-0.3, -0.25) is 4.79 Å². The van der Waals surface area contributed by atoms with Gasteiger partial charge >= 0.3 is 5.97 Å².